The number of halogens is 1. The second-order valence-electron chi connectivity index (χ2n) is 4.62. The van der Waals surface area contributed by atoms with Crippen LogP contribution in [-0.2, 0) is 4.79 Å². The maximum Gasteiger partial charge on any atom is 0.217 e. The molecule has 17 heavy (non-hydrogen) atoms. The third kappa shape index (κ3) is 1.95. The van der Waals surface area contributed by atoms with Crippen molar-refractivity contribution in [1.82, 2.24) is 15.5 Å². The van der Waals surface area contributed by atoms with Gasteiger partial charge in [0.25, 0.3) is 0 Å². The van der Waals surface area contributed by atoms with Gasteiger partial charge in [0.1, 0.15) is 0 Å². The van der Waals surface area contributed by atoms with Crippen LogP contribution in [0.5, 0.6) is 0 Å². The summed E-state index contributed by atoms with van der Waals surface area (Å²) in [5.41, 5.74) is 0. The van der Waals surface area contributed by atoms with Gasteiger partial charge in [0.2, 0.25) is 11.0 Å². The summed E-state index contributed by atoms with van der Waals surface area (Å²) in [5.74, 6) is 0.624. The van der Waals surface area contributed by atoms with E-state index in [0.29, 0.717) is 12.0 Å². The molecule has 3 rings (SSSR count). The van der Waals surface area contributed by atoms with Crippen molar-refractivity contribution in [2.24, 2.45) is 5.92 Å². The van der Waals surface area contributed by atoms with Gasteiger partial charge in [-0.3, -0.25) is 4.79 Å². The number of carbonyl (C=O) groups is 1. The molecule has 1 amide bonds. The van der Waals surface area contributed by atoms with Crippen molar-refractivity contribution in [3.8, 4) is 0 Å². The Morgan fingerprint density at radius 3 is 3.00 bits per heavy atom. The highest BCUT2D eigenvalue weighted by atomic mass is 79.9. The van der Waals surface area contributed by atoms with E-state index < -0.39 is 0 Å². The standard InChI is InChI=1S/C10H13BrN4OS/c1-5(16)12-8-6-2-3-7(8)15(4-6)10-14-13-9(11)17-10/h6-8H,2-4H2,1H3,(H,12,16)/t6-,7-,8-/m1/s1. The van der Waals surface area contributed by atoms with Gasteiger partial charge in [-0.25, -0.2) is 0 Å². The summed E-state index contributed by atoms with van der Waals surface area (Å²) in [7, 11) is 0. The molecule has 0 radical (unpaired) electrons. The number of anilines is 1. The number of aromatic nitrogens is 2. The van der Waals surface area contributed by atoms with Crippen LogP contribution in [0.15, 0.2) is 3.92 Å². The van der Waals surface area contributed by atoms with Crippen LogP contribution in [-0.4, -0.2) is 34.7 Å². The van der Waals surface area contributed by atoms with Crippen LogP contribution >= 0.6 is 27.3 Å². The van der Waals surface area contributed by atoms with Crippen molar-refractivity contribution in [3.63, 3.8) is 0 Å². The molecule has 2 heterocycles. The number of rotatable bonds is 2. The maximum atomic E-state index is 11.2. The summed E-state index contributed by atoms with van der Waals surface area (Å²) in [4.78, 5) is 13.5. The molecule has 1 aromatic rings. The van der Waals surface area contributed by atoms with Crippen molar-refractivity contribution < 1.29 is 4.79 Å². The van der Waals surface area contributed by atoms with Crippen molar-refractivity contribution in [2.75, 3.05) is 11.4 Å². The van der Waals surface area contributed by atoms with E-state index in [4.69, 9.17) is 0 Å². The van der Waals surface area contributed by atoms with E-state index in [1.54, 1.807) is 18.3 Å². The highest BCUT2D eigenvalue weighted by molar-refractivity contribution is 9.11. The van der Waals surface area contributed by atoms with Crippen LogP contribution in [0.2, 0.25) is 0 Å². The van der Waals surface area contributed by atoms with E-state index in [2.05, 4.69) is 36.3 Å². The Bertz CT molecular complexity index is 451. The Morgan fingerprint density at radius 1 is 1.53 bits per heavy atom. The Balaban J connectivity index is 1.80. The molecule has 2 fully saturated rings. The molecule has 1 aromatic heterocycles. The Labute approximate surface area is 112 Å². The average molecular weight is 317 g/mol. The maximum absolute atomic E-state index is 11.2. The van der Waals surface area contributed by atoms with Crippen molar-refractivity contribution in [2.45, 2.75) is 31.8 Å². The SMILES string of the molecule is CC(=O)N[C@@H]1[C@@H]2CC[C@H]1N(c1nnc(Br)s1)C2. The second-order valence-corrected chi connectivity index (χ2v) is 6.85. The van der Waals surface area contributed by atoms with Crippen LogP contribution in [0.3, 0.4) is 0 Å². The van der Waals surface area contributed by atoms with E-state index >= 15 is 0 Å². The van der Waals surface area contributed by atoms with Crippen LogP contribution in [0.4, 0.5) is 5.13 Å². The van der Waals surface area contributed by atoms with Gasteiger partial charge >= 0.3 is 0 Å². The first-order chi connectivity index (χ1) is 8.15. The minimum atomic E-state index is 0.0622. The molecule has 0 aromatic carbocycles. The Kier molecular flexibility index (Phi) is 2.82. The quantitative estimate of drug-likeness (QED) is 0.896. The monoisotopic (exact) mass is 316 g/mol. The Hall–Kier alpha value is -0.690. The molecule has 2 bridgehead atoms. The molecule has 0 spiro atoms. The molecular formula is C10H13BrN4OS. The van der Waals surface area contributed by atoms with Crippen LogP contribution < -0.4 is 10.2 Å². The van der Waals surface area contributed by atoms with Gasteiger partial charge in [0.05, 0.1) is 12.1 Å². The largest absolute Gasteiger partial charge is 0.351 e. The first-order valence-electron chi connectivity index (χ1n) is 5.68. The van der Waals surface area contributed by atoms with E-state index in [1.807, 2.05) is 0 Å². The first kappa shape index (κ1) is 11.4. The van der Waals surface area contributed by atoms with Crippen LogP contribution in [0.1, 0.15) is 19.8 Å². The van der Waals surface area contributed by atoms with Gasteiger partial charge < -0.3 is 10.2 Å². The molecule has 1 aliphatic carbocycles. The van der Waals surface area contributed by atoms with Gasteiger partial charge in [-0.1, -0.05) is 11.3 Å². The number of nitrogens with zero attached hydrogens (tertiary/aromatic N) is 3. The fourth-order valence-corrected chi connectivity index (χ4v) is 4.14. The molecule has 1 aliphatic heterocycles. The molecule has 2 aliphatic rings. The fourth-order valence-electron chi connectivity index (χ4n) is 2.98. The minimum absolute atomic E-state index is 0.0622. The van der Waals surface area contributed by atoms with E-state index in [-0.39, 0.29) is 11.9 Å². The van der Waals surface area contributed by atoms with Crippen molar-refractivity contribution in [3.05, 3.63) is 3.92 Å². The van der Waals surface area contributed by atoms with Crippen molar-refractivity contribution in [1.29, 1.82) is 0 Å². The number of hydrogen-bond donors (Lipinski definition) is 1. The highest BCUT2D eigenvalue weighted by Gasteiger charge is 2.48. The molecule has 1 saturated carbocycles. The molecule has 7 heteroatoms. The van der Waals surface area contributed by atoms with Gasteiger partial charge in [0, 0.05) is 13.5 Å². The lowest BCUT2D eigenvalue weighted by Gasteiger charge is -2.26. The normalized spacial score (nSPS) is 30.9. The molecular weight excluding hydrogens is 304 g/mol. The van der Waals surface area contributed by atoms with E-state index in [0.717, 1.165) is 22.0 Å². The second kappa shape index (κ2) is 4.20. The molecule has 1 N–H and O–H groups in total. The molecule has 1 saturated heterocycles. The third-order valence-electron chi connectivity index (χ3n) is 3.59. The highest BCUT2D eigenvalue weighted by Crippen LogP contribution is 2.41. The molecule has 3 atom stereocenters. The van der Waals surface area contributed by atoms with Crippen LogP contribution in [0, 0.1) is 5.92 Å². The third-order valence-corrected chi connectivity index (χ3v) is 4.99. The lowest BCUT2D eigenvalue weighted by Crippen LogP contribution is -2.42. The van der Waals surface area contributed by atoms with Crippen LogP contribution in [0.25, 0.3) is 0 Å². The zero-order valence-electron chi connectivity index (χ0n) is 9.39. The summed E-state index contributed by atoms with van der Waals surface area (Å²) in [6.45, 7) is 2.57. The van der Waals surface area contributed by atoms with E-state index in [1.165, 1.54) is 6.42 Å². The van der Waals surface area contributed by atoms with Crippen molar-refractivity contribution >= 4 is 38.3 Å². The average Bonchev–Trinajstić information content (AvgIpc) is 2.93. The summed E-state index contributed by atoms with van der Waals surface area (Å²) in [5, 5.41) is 12.2. The zero-order valence-corrected chi connectivity index (χ0v) is 11.8. The predicted molar refractivity (Wildman–Crippen MR) is 69.1 cm³/mol. The molecule has 92 valence electrons. The molecule has 5 nitrogen and oxygen atoms in total. The number of amides is 1. The predicted octanol–water partition coefficient (Wildman–Crippen LogP) is 1.40. The number of nitrogens with one attached hydrogen (secondary N) is 1. The lowest BCUT2D eigenvalue weighted by molar-refractivity contribution is -0.119. The summed E-state index contributed by atoms with van der Waals surface area (Å²) >= 11 is 4.89. The summed E-state index contributed by atoms with van der Waals surface area (Å²) < 4.78 is 0.811. The summed E-state index contributed by atoms with van der Waals surface area (Å²) in [6, 6.07) is 0.680. The number of piperidine rings is 1. The lowest BCUT2D eigenvalue weighted by atomic mass is 10.1. The van der Waals surface area contributed by atoms with Gasteiger partial charge in [-0.15, -0.1) is 10.2 Å². The van der Waals surface area contributed by atoms with Gasteiger partial charge in [-0.05, 0) is 34.7 Å². The minimum Gasteiger partial charge on any atom is -0.351 e. The first-order valence-corrected chi connectivity index (χ1v) is 7.29. The number of fused-ring (bicyclic) bond motifs is 2. The molecule has 0 unspecified atom stereocenters. The summed E-state index contributed by atoms with van der Waals surface area (Å²) in [6.07, 6.45) is 2.33. The number of carbonyl (C=O) groups excluding carboxylic acids is 1. The smallest absolute Gasteiger partial charge is 0.217 e. The topological polar surface area (TPSA) is 58.1 Å². The fraction of sp³-hybridized carbons (Fsp3) is 0.700. The van der Waals surface area contributed by atoms with Gasteiger partial charge in [0.15, 0.2) is 3.92 Å². The Morgan fingerprint density at radius 2 is 2.35 bits per heavy atom. The van der Waals surface area contributed by atoms with E-state index in [9.17, 15) is 4.79 Å². The number of hydrogen-bond acceptors (Lipinski definition) is 5. The zero-order chi connectivity index (χ0) is 12.0. The van der Waals surface area contributed by atoms with Gasteiger partial charge in [-0.2, -0.15) is 0 Å².